The highest BCUT2D eigenvalue weighted by molar-refractivity contribution is 5.87. The summed E-state index contributed by atoms with van der Waals surface area (Å²) in [4.78, 5) is 40.4. The number of rotatable bonds is 9. The zero-order chi connectivity index (χ0) is 27.4. The van der Waals surface area contributed by atoms with E-state index in [0.29, 0.717) is 19.6 Å². The number of hydrogen-bond donors (Lipinski definition) is 3. The third-order valence-corrected chi connectivity index (χ3v) is 7.44. The van der Waals surface area contributed by atoms with Crippen molar-refractivity contribution in [2.75, 3.05) is 25.1 Å². The molecule has 7 atom stereocenters. The second kappa shape index (κ2) is 12.2. The molecule has 12 heteroatoms. The van der Waals surface area contributed by atoms with Crippen LogP contribution in [-0.2, 0) is 23.7 Å². The first-order valence-corrected chi connectivity index (χ1v) is 13.4. The minimum atomic E-state index is -0.836. The second-order valence-electron chi connectivity index (χ2n) is 10.0. The first kappa shape index (κ1) is 27.3. The molecule has 3 N–H and O–H groups in total. The van der Waals surface area contributed by atoms with Gasteiger partial charge in [-0.25, -0.2) is 9.59 Å². The molecule has 2 aliphatic heterocycles. The van der Waals surface area contributed by atoms with Crippen molar-refractivity contribution in [2.45, 2.75) is 63.4 Å². The summed E-state index contributed by atoms with van der Waals surface area (Å²) in [7, 11) is 0. The lowest BCUT2D eigenvalue weighted by atomic mass is 9.80. The Bertz CT molecular complexity index is 1210. The van der Waals surface area contributed by atoms with E-state index in [1.807, 2.05) is 30.3 Å². The Hall–Kier alpha value is -3.32. The summed E-state index contributed by atoms with van der Waals surface area (Å²) in [6.45, 7) is 2.68. The van der Waals surface area contributed by atoms with Gasteiger partial charge in [0.15, 0.2) is 12.5 Å². The van der Waals surface area contributed by atoms with Crippen LogP contribution in [0.15, 0.2) is 47.4 Å². The highest BCUT2D eigenvalue weighted by Gasteiger charge is 2.54. The minimum absolute atomic E-state index is 0.0566. The summed E-state index contributed by atoms with van der Waals surface area (Å²) >= 11 is 0. The topological polar surface area (TPSA) is 150 Å². The van der Waals surface area contributed by atoms with Gasteiger partial charge in [-0.15, -0.1) is 0 Å². The molecule has 2 saturated heterocycles. The van der Waals surface area contributed by atoms with Crippen molar-refractivity contribution in [1.29, 1.82) is 0 Å². The fraction of sp³-hybridized carbons (Fsp3) is 0.556. The third-order valence-electron chi connectivity index (χ3n) is 7.44. The second-order valence-corrected chi connectivity index (χ2v) is 10.0. The Labute approximate surface area is 225 Å². The van der Waals surface area contributed by atoms with Crippen molar-refractivity contribution in [3.05, 3.63) is 58.6 Å². The van der Waals surface area contributed by atoms with E-state index in [1.165, 1.54) is 16.8 Å². The van der Waals surface area contributed by atoms with Gasteiger partial charge in [-0.05, 0) is 31.7 Å². The average Bonchev–Trinajstić information content (AvgIpc) is 3.50. The van der Waals surface area contributed by atoms with E-state index in [9.17, 15) is 19.5 Å². The molecular weight excluding hydrogens is 508 g/mol. The van der Waals surface area contributed by atoms with E-state index in [1.54, 1.807) is 6.92 Å². The first-order valence-electron chi connectivity index (χ1n) is 13.4. The fourth-order valence-corrected chi connectivity index (χ4v) is 5.53. The van der Waals surface area contributed by atoms with Crippen molar-refractivity contribution in [2.24, 2.45) is 11.8 Å². The van der Waals surface area contributed by atoms with Crippen LogP contribution < -0.4 is 16.3 Å². The molecule has 3 heterocycles. The van der Waals surface area contributed by atoms with Crippen LogP contribution in [0.3, 0.4) is 0 Å². The summed E-state index contributed by atoms with van der Waals surface area (Å²) in [5, 5.41) is 14.7. The number of hydrogen-bond acceptors (Lipinski definition) is 8. The molecule has 0 bridgehead atoms. The third kappa shape index (κ3) is 6.14. The van der Waals surface area contributed by atoms with E-state index >= 15 is 0 Å². The fourth-order valence-electron chi connectivity index (χ4n) is 5.53. The molecule has 3 fully saturated rings. The molecule has 210 valence electrons. The molecule has 0 spiro atoms. The van der Waals surface area contributed by atoms with Crippen molar-refractivity contribution in [3.63, 3.8) is 0 Å². The highest BCUT2D eigenvalue weighted by atomic mass is 16.8. The molecule has 1 aromatic carbocycles. The number of nitrogens with zero attached hydrogens (tertiary/aromatic N) is 2. The quantitative estimate of drug-likeness (QED) is 0.434. The number of carboxylic acid groups (broad SMARTS) is 1. The number of benzene rings is 1. The number of aromatic nitrogens is 2. The van der Waals surface area contributed by atoms with Gasteiger partial charge in [0.1, 0.15) is 24.1 Å². The zero-order valence-corrected chi connectivity index (χ0v) is 21.7. The van der Waals surface area contributed by atoms with Gasteiger partial charge in [-0.1, -0.05) is 43.2 Å². The van der Waals surface area contributed by atoms with Crippen molar-refractivity contribution in [1.82, 2.24) is 14.9 Å². The number of amides is 2. The Morgan fingerprint density at radius 2 is 1.85 bits per heavy atom. The summed E-state index contributed by atoms with van der Waals surface area (Å²) in [6, 6.07) is 10.5. The van der Waals surface area contributed by atoms with Crippen LogP contribution in [0.2, 0.25) is 0 Å². The highest BCUT2D eigenvalue weighted by Crippen LogP contribution is 2.44. The van der Waals surface area contributed by atoms with Gasteiger partial charge in [-0.2, -0.15) is 4.98 Å². The number of carbonyl (C=O) groups excluding carboxylic acids is 1. The summed E-state index contributed by atoms with van der Waals surface area (Å²) in [5.41, 5.74) is 0.219. The molecular formula is C27H34N4O8. The zero-order valence-electron chi connectivity index (χ0n) is 21.7. The van der Waals surface area contributed by atoms with Crippen LogP contribution in [0.25, 0.3) is 0 Å². The number of carboxylic acids is 1. The molecule has 2 amide bonds. The maximum absolute atomic E-state index is 13.0. The first-order chi connectivity index (χ1) is 18.9. The standard InChI is InChI=1S/C27H34N4O8/c1-2-28-26(34)29-20-12-13-31(27(35)30-20)23-22-21(38-25(39-22)16-8-4-3-5-9-16)19(37-23)15-36-14-17-10-6-7-11-18(17)24(32)33/h3-5,8-9,12-13,17-19,21-23,25H,2,6-7,10-11,14-15H2,1H3,(H,32,33)(H2,28,29,30,34,35)/t17?,18?,19-,21?,22+,23-,25+/m1/s1. The van der Waals surface area contributed by atoms with Crippen LogP contribution in [0, 0.1) is 11.8 Å². The lowest BCUT2D eigenvalue weighted by molar-refractivity contribution is -0.161. The van der Waals surface area contributed by atoms with Gasteiger partial charge in [0, 0.05) is 18.3 Å². The van der Waals surface area contributed by atoms with E-state index in [-0.39, 0.29) is 18.3 Å². The van der Waals surface area contributed by atoms with Gasteiger partial charge in [-0.3, -0.25) is 14.7 Å². The van der Waals surface area contributed by atoms with Gasteiger partial charge in [0.05, 0.1) is 19.1 Å². The lowest BCUT2D eigenvalue weighted by Crippen LogP contribution is -2.35. The predicted molar refractivity (Wildman–Crippen MR) is 138 cm³/mol. The molecule has 39 heavy (non-hydrogen) atoms. The van der Waals surface area contributed by atoms with E-state index in [4.69, 9.17) is 18.9 Å². The van der Waals surface area contributed by atoms with E-state index < -0.39 is 54.4 Å². The summed E-state index contributed by atoms with van der Waals surface area (Å²) < 4.78 is 26.1. The Morgan fingerprint density at radius 3 is 2.59 bits per heavy atom. The van der Waals surface area contributed by atoms with Crippen LogP contribution in [0.5, 0.6) is 0 Å². The number of fused-ring (bicyclic) bond motifs is 1. The maximum Gasteiger partial charge on any atom is 0.351 e. The van der Waals surface area contributed by atoms with Crippen LogP contribution in [0.4, 0.5) is 10.6 Å². The molecule has 1 aromatic heterocycles. The van der Waals surface area contributed by atoms with Crippen LogP contribution in [0.1, 0.15) is 50.7 Å². The molecule has 12 nitrogen and oxygen atoms in total. The van der Waals surface area contributed by atoms with Gasteiger partial charge < -0.3 is 29.4 Å². The Morgan fingerprint density at radius 1 is 1.08 bits per heavy atom. The molecule has 0 radical (unpaired) electrons. The van der Waals surface area contributed by atoms with E-state index in [2.05, 4.69) is 15.6 Å². The summed E-state index contributed by atoms with van der Waals surface area (Å²) in [6.07, 6.45) is 1.69. The summed E-state index contributed by atoms with van der Waals surface area (Å²) in [5.74, 6) is -1.13. The smallest absolute Gasteiger partial charge is 0.351 e. The molecule has 3 aliphatic rings. The van der Waals surface area contributed by atoms with Crippen molar-refractivity contribution in [3.8, 4) is 0 Å². The predicted octanol–water partition coefficient (Wildman–Crippen LogP) is 2.67. The average molecular weight is 543 g/mol. The minimum Gasteiger partial charge on any atom is -0.481 e. The molecule has 1 saturated carbocycles. The van der Waals surface area contributed by atoms with Crippen LogP contribution >= 0.6 is 0 Å². The number of urea groups is 1. The van der Waals surface area contributed by atoms with Crippen molar-refractivity contribution < 1.29 is 33.6 Å². The monoisotopic (exact) mass is 542 g/mol. The molecule has 5 rings (SSSR count). The van der Waals surface area contributed by atoms with Gasteiger partial charge in [0.25, 0.3) is 0 Å². The molecule has 2 aromatic rings. The van der Waals surface area contributed by atoms with Crippen molar-refractivity contribution >= 4 is 17.8 Å². The molecule has 3 unspecified atom stereocenters. The number of carbonyl (C=O) groups is 2. The van der Waals surface area contributed by atoms with E-state index in [0.717, 1.165) is 24.8 Å². The van der Waals surface area contributed by atoms with Gasteiger partial charge >= 0.3 is 17.7 Å². The Balaban J connectivity index is 1.31. The number of anilines is 1. The molecule has 1 aliphatic carbocycles. The normalized spacial score (nSPS) is 30.0. The number of nitrogens with one attached hydrogen (secondary N) is 2. The van der Waals surface area contributed by atoms with Gasteiger partial charge in [0.2, 0.25) is 0 Å². The maximum atomic E-state index is 13.0. The largest absolute Gasteiger partial charge is 0.481 e. The number of ether oxygens (including phenoxy) is 4. The lowest BCUT2D eigenvalue weighted by Gasteiger charge is -2.29. The van der Waals surface area contributed by atoms with Crippen LogP contribution in [-0.4, -0.2) is 64.7 Å². The Kier molecular flexibility index (Phi) is 8.56. The SMILES string of the molecule is CCNC(=O)Nc1ccn([C@@H]2O[C@H](COCC3CCCCC3C(=O)O)C3O[C@H](c4ccccc4)O[C@@H]32)c(=O)n1. The number of aliphatic carboxylic acids is 1.